The number of aromatic nitrogens is 2. The van der Waals surface area contributed by atoms with Gasteiger partial charge in [0.25, 0.3) is 0 Å². The summed E-state index contributed by atoms with van der Waals surface area (Å²) >= 11 is 1.74. The molecule has 2 aromatic rings. The van der Waals surface area contributed by atoms with Crippen LogP contribution in [0.3, 0.4) is 0 Å². The summed E-state index contributed by atoms with van der Waals surface area (Å²) in [6, 6.07) is 2.59. The minimum atomic E-state index is 0.333. The van der Waals surface area contributed by atoms with E-state index >= 15 is 0 Å². The molecule has 23 heavy (non-hydrogen) atoms. The lowest BCUT2D eigenvalue weighted by atomic mass is 10.0. The second-order valence-corrected chi connectivity index (χ2v) is 7.64. The maximum absolute atomic E-state index is 12.1. The van der Waals surface area contributed by atoms with E-state index < -0.39 is 0 Å². The third kappa shape index (κ3) is 3.04. The standard InChI is InChI=1S/C17H22N4OS/c1-2-13-9-14-15(18-10-19-16(14)23-13)20-12-5-7-21(8-6-12)17(22)11-3-4-11/h9-12H,2-8H2,1H3,(H,18,19,20). The van der Waals surface area contributed by atoms with Gasteiger partial charge in [-0.05, 0) is 38.2 Å². The molecule has 1 saturated heterocycles. The van der Waals surface area contributed by atoms with E-state index in [2.05, 4.69) is 28.3 Å². The quantitative estimate of drug-likeness (QED) is 0.936. The molecule has 122 valence electrons. The topological polar surface area (TPSA) is 58.1 Å². The predicted octanol–water partition coefficient (Wildman–Crippen LogP) is 3.07. The smallest absolute Gasteiger partial charge is 0.225 e. The molecule has 0 radical (unpaired) electrons. The van der Waals surface area contributed by atoms with Crippen molar-refractivity contribution >= 4 is 33.3 Å². The molecular formula is C17H22N4OS. The van der Waals surface area contributed by atoms with Crippen LogP contribution in [0.5, 0.6) is 0 Å². The summed E-state index contributed by atoms with van der Waals surface area (Å²) in [7, 11) is 0. The van der Waals surface area contributed by atoms with E-state index in [1.807, 2.05) is 4.90 Å². The molecule has 1 aliphatic heterocycles. The van der Waals surface area contributed by atoms with Crippen molar-refractivity contribution < 1.29 is 4.79 Å². The number of nitrogens with zero attached hydrogens (tertiary/aromatic N) is 3. The van der Waals surface area contributed by atoms with Crippen molar-refractivity contribution in [2.45, 2.75) is 45.1 Å². The van der Waals surface area contributed by atoms with E-state index in [0.717, 1.165) is 61.2 Å². The van der Waals surface area contributed by atoms with Crippen LogP contribution in [0, 0.1) is 5.92 Å². The van der Waals surface area contributed by atoms with Crippen LogP contribution in [-0.4, -0.2) is 39.9 Å². The molecule has 2 fully saturated rings. The molecule has 0 spiro atoms. The number of rotatable bonds is 4. The number of amides is 1. The van der Waals surface area contributed by atoms with Gasteiger partial charge in [0, 0.05) is 29.9 Å². The molecule has 1 N–H and O–H groups in total. The average Bonchev–Trinajstić information content (AvgIpc) is 3.34. The fourth-order valence-corrected chi connectivity index (χ4v) is 4.16. The fraction of sp³-hybridized carbons (Fsp3) is 0.588. The number of hydrogen-bond acceptors (Lipinski definition) is 5. The summed E-state index contributed by atoms with van der Waals surface area (Å²) in [5.41, 5.74) is 0. The fourth-order valence-electron chi connectivity index (χ4n) is 3.22. The highest BCUT2D eigenvalue weighted by atomic mass is 32.1. The molecule has 0 bridgehead atoms. The molecule has 3 heterocycles. The Bertz CT molecular complexity index is 716. The van der Waals surface area contributed by atoms with Crippen LogP contribution >= 0.6 is 11.3 Å². The van der Waals surface area contributed by atoms with Crippen LogP contribution in [0.25, 0.3) is 10.2 Å². The Balaban J connectivity index is 1.43. The van der Waals surface area contributed by atoms with Crippen LogP contribution < -0.4 is 5.32 Å². The molecule has 1 aliphatic carbocycles. The number of hydrogen-bond donors (Lipinski definition) is 1. The van der Waals surface area contributed by atoms with Crippen LogP contribution in [0.4, 0.5) is 5.82 Å². The third-order valence-corrected chi connectivity index (χ3v) is 5.99. The van der Waals surface area contributed by atoms with Gasteiger partial charge in [0.1, 0.15) is 17.0 Å². The number of likely N-dealkylation sites (tertiary alicyclic amines) is 1. The Morgan fingerprint density at radius 1 is 1.30 bits per heavy atom. The van der Waals surface area contributed by atoms with E-state index in [1.54, 1.807) is 17.7 Å². The summed E-state index contributed by atoms with van der Waals surface area (Å²) < 4.78 is 0. The number of carbonyl (C=O) groups excluding carboxylic acids is 1. The van der Waals surface area contributed by atoms with Crippen LogP contribution in [0.1, 0.15) is 37.5 Å². The van der Waals surface area contributed by atoms with Gasteiger partial charge in [-0.25, -0.2) is 9.97 Å². The lowest BCUT2D eigenvalue weighted by Crippen LogP contribution is -2.43. The van der Waals surface area contributed by atoms with E-state index in [9.17, 15) is 4.79 Å². The van der Waals surface area contributed by atoms with E-state index in [1.165, 1.54) is 4.88 Å². The summed E-state index contributed by atoms with van der Waals surface area (Å²) in [5.74, 6) is 1.65. The summed E-state index contributed by atoms with van der Waals surface area (Å²) in [6.07, 6.45) is 6.85. The Kier molecular flexibility index (Phi) is 3.93. The molecule has 1 amide bonds. The molecule has 2 aromatic heterocycles. The van der Waals surface area contributed by atoms with Crippen LogP contribution in [0.15, 0.2) is 12.4 Å². The monoisotopic (exact) mass is 330 g/mol. The predicted molar refractivity (Wildman–Crippen MR) is 92.7 cm³/mol. The zero-order valence-corrected chi connectivity index (χ0v) is 14.2. The van der Waals surface area contributed by atoms with Crippen molar-refractivity contribution in [3.8, 4) is 0 Å². The first-order chi connectivity index (χ1) is 11.2. The molecule has 4 rings (SSSR count). The van der Waals surface area contributed by atoms with Gasteiger partial charge in [-0.15, -0.1) is 11.3 Å². The summed E-state index contributed by atoms with van der Waals surface area (Å²) in [6.45, 7) is 3.90. The molecule has 1 saturated carbocycles. The second kappa shape index (κ2) is 6.07. The number of aryl methyl sites for hydroxylation is 1. The largest absolute Gasteiger partial charge is 0.367 e. The van der Waals surface area contributed by atoms with Crippen molar-refractivity contribution in [1.82, 2.24) is 14.9 Å². The zero-order chi connectivity index (χ0) is 15.8. The highest BCUT2D eigenvalue weighted by Gasteiger charge is 2.34. The first kappa shape index (κ1) is 14.9. The second-order valence-electron chi connectivity index (χ2n) is 6.53. The van der Waals surface area contributed by atoms with Gasteiger partial charge in [0.05, 0.1) is 5.39 Å². The highest BCUT2D eigenvalue weighted by Crippen LogP contribution is 2.33. The number of piperidine rings is 1. The molecule has 2 aliphatic rings. The van der Waals surface area contributed by atoms with Gasteiger partial charge in [-0.1, -0.05) is 6.92 Å². The Morgan fingerprint density at radius 3 is 2.78 bits per heavy atom. The van der Waals surface area contributed by atoms with E-state index in [0.29, 0.717) is 17.9 Å². The van der Waals surface area contributed by atoms with Crippen molar-refractivity contribution in [2.75, 3.05) is 18.4 Å². The van der Waals surface area contributed by atoms with Crippen molar-refractivity contribution in [1.29, 1.82) is 0 Å². The number of nitrogens with one attached hydrogen (secondary N) is 1. The summed E-state index contributed by atoms with van der Waals surface area (Å²) in [4.78, 5) is 25.4. The first-order valence-corrected chi connectivity index (χ1v) is 9.35. The van der Waals surface area contributed by atoms with Crippen LogP contribution in [0.2, 0.25) is 0 Å². The highest BCUT2D eigenvalue weighted by molar-refractivity contribution is 7.18. The Morgan fingerprint density at radius 2 is 2.09 bits per heavy atom. The minimum Gasteiger partial charge on any atom is -0.367 e. The van der Waals surface area contributed by atoms with Gasteiger partial charge in [-0.3, -0.25) is 4.79 Å². The van der Waals surface area contributed by atoms with Crippen LogP contribution in [-0.2, 0) is 11.2 Å². The van der Waals surface area contributed by atoms with Gasteiger partial charge >= 0.3 is 0 Å². The summed E-state index contributed by atoms with van der Waals surface area (Å²) in [5, 5.41) is 4.71. The van der Waals surface area contributed by atoms with Gasteiger partial charge < -0.3 is 10.2 Å². The molecule has 0 atom stereocenters. The average molecular weight is 330 g/mol. The SMILES string of the molecule is CCc1cc2c(NC3CCN(C(=O)C4CC4)CC3)ncnc2s1. The molecule has 6 heteroatoms. The maximum Gasteiger partial charge on any atom is 0.225 e. The number of fused-ring (bicyclic) bond motifs is 1. The van der Waals surface area contributed by atoms with Gasteiger partial charge in [0.2, 0.25) is 5.91 Å². The zero-order valence-electron chi connectivity index (χ0n) is 13.4. The Labute approximate surface area is 140 Å². The number of anilines is 1. The number of thiophene rings is 1. The number of carbonyl (C=O) groups is 1. The molecule has 5 nitrogen and oxygen atoms in total. The van der Waals surface area contributed by atoms with Crippen molar-refractivity contribution in [2.24, 2.45) is 5.92 Å². The molecular weight excluding hydrogens is 308 g/mol. The molecule has 0 aromatic carbocycles. The lowest BCUT2D eigenvalue weighted by Gasteiger charge is -2.32. The lowest BCUT2D eigenvalue weighted by molar-refractivity contribution is -0.133. The van der Waals surface area contributed by atoms with E-state index in [4.69, 9.17) is 0 Å². The maximum atomic E-state index is 12.1. The molecule has 0 unspecified atom stereocenters. The minimum absolute atomic E-state index is 0.333. The van der Waals surface area contributed by atoms with Crippen molar-refractivity contribution in [3.63, 3.8) is 0 Å². The van der Waals surface area contributed by atoms with Gasteiger partial charge in [-0.2, -0.15) is 0 Å². The Hall–Kier alpha value is -1.69. The van der Waals surface area contributed by atoms with Crippen molar-refractivity contribution in [3.05, 3.63) is 17.3 Å². The van der Waals surface area contributed by atoms with E-state index in [-0.39, 0.29) is 0 Å². The van der Waals surface area contributed by atoms with Gasteiger partial charge in [0.15, 0.2) is 0 Å². The normalized spacial score (nSPS) is 19.3. The first-order valence-electron chi connectivity index (χ1n) is 8.53. The third-order valence-electron chi connectivity index (χ3n) is 4.80.